The average Bonchev–Trinajstić information content (AvgIpc) is 2.71. The summed E-state index contributed by atoms with van der Waals surface area (Å²) in [5.41, 5.74) is -0.278. The van der Waals surface area contributed by atoms with Crippen molar-refractivity contribution in [3.8, 4) is 0 Å². The van der Waals surface area contributed by atoms with Gasteiger partial charge in [-0.3, -0.25) is 14.9 Å². The molecule has 29 heavy (non-hydrogen) atoms. The van der Waals surface area contributed by atoms with Crippen molar-refractivity contribution < 1.29 is 9.72 Å². The van der Waals surface area contributed by atoms with Gasteiger partial charge in [0.15, 0.2) is 5.82 Å². The van der Waals surface area contributed by atoms with Gasteiger partial charge in [-0.05, 0) is 18.6 Å². The number of nitrogens with one attached hydrogen (secondary N) is 4. The van der Waals surface area contributed by atoms with Gasteiger partial charge in [0.05, 0.1) is 21.0 Å². The molecule has 0 unspecified atom stereocenters. The molecule has 0 atom stereocenters. The number of H-pyrrole nitrogens is 1. The van der Waals surface area contributed by atoms with Crippen molar-refractivity contribution in [2.45, 2.75) is 6.42 Å². The monoisotopic (exact) mass is 416 g/mol. The first-order chi connectivity index (χ1) is 14.0. The van der Waals surface area contributed by atoms with Crippen molar-refractivity contribution in [1.82, 2.24) is 15.5 Å². The summed E-state index contributed by atoms with van der Waals surface area (Å²) in [5.74, 6) is 0.549. The molecule has 1 aromatic heterocycles. The van der Waals surface area contributed by atoms with Crippen molar-refractivity contribution in [2.75, 3.05) is 23.7 Å². The quantitative estimate of drug-likeness (QED) is 0.265. The van der Waals surface area contributed by atoms with E-state index in [9.17, 15) is 19.7 Å². The highest BCUT2D eigenvalue weighted by atomic mass is 35.5. The number of anilines is 2. The van der Waals surface area contributed by atoms with Crippen molar-refractivity contribution in [2.24, 2.45) is 0 Å². The summed E-state index contributed by atoms with van der Waals surface area (Å²) in [6, 6.07) is 10.4. The highest BCUT2D eigenvalue weighted by Crippen LogP contribution is 2.26. The van der Waals surface area contributed by atoms with E-state index in [-0.39, 0.29) is 22.0 Å². The molecule has 0 aliphatic heterocycles. The average molecular weight is 417 g/mol. The predicted molar refractivity (Wildman–Crippen MR) is 111 cm³/mol. The molecule has 1 heterocycles. The zero-order valence-corrected chi connectivity index (χ0v) is 15.8. The van der Waals surface area contributed by atoms with Crippen LogP contribution in [-0.2, 0) is 0 Å². The molecule has 2 amide bonds. The molecule has 0 aliphatic carbocycles. The molecule has 0 aliphatic rings. The highest BCUT2D eigenvalue weighted by Gasteiger charge is 2.12. The number of fused-ring (bicyclic) bond motifs is 1. The lowest BCUT2D eigenvalue weighted by Crippen LogP contribution is -2.30. The van der Waals surface area contributed by atoms with Crippen LogP contribution in [0.3, 0.4) is 0 Å². The van der Waals surface area contributed by atoms with E-state index < -0.39 is 11.0 Å². The minimum atomic E-state index is -0.570. The molecule has 0 radical (unpaired) electrons. The van der Waals surface area contributed by atoms with E-state index in [1.807, 2.05) is 6.07 Å². The Labute approximate surface area is 169 Å². The minimum Gasteiger partial charge on any atom is -0.368 e. The molecule has 11 heteroatoms. The van der Waals surface area contributed by atoms with Crippen LogP contribution in [0, 0.1) is 10.1 Å². The summed E-state index contributed by atoms with van der Waals surface area (Å²) in [7, 11) is 0. The Kier molecular flexibility index (Phi) is 6.25. The van der Waals surface area contributed by atoms with Crippen molar-refractivity contribution in [3.63, 3.8) is 0 Å². The zero-order chi connectivity index (χ0) is 20.8. The van der Waals surface area contributed by atoms with Crippen molar-refractivity contribution in [3.05, 3.63) is 68.0 Å². The van der Waals surface area contributed by atoms with Gasteiger partial charge in [-0.1, -0.05) is 29.8 Å². The fourth-order valence-electron chi connectivity index (χ4n) is 2.64. The number of rotatable bonds is 7. The second-order valence-corrected chi connectivity index (χ2v) is 6.44. The number of hydrogen-bond donors (Lipinski definition) is 4. The lowest BCUT2D eigenvalue weighted by molar-refractivity contribution is -0.384. The van der Waals surface area contributed by atoms with Gasteiger partial charge in [-0.2, -0.15) is 5.10 Å². The Bertz CT molecular complexity index is 1120. The number of aromatic nitrogens is 2. The summed E-state index contributed by atoms with van der Waals surface area (Å²) in [5, 5.41) is 27.0. The first-order valence-electron chi connectivity index (χ1n) is 8.66. The number of carbonyl (C=O) groups is 1. The summed E-state index contributed by atoms with van der Waals surface area (Å²) in [6.45, 7) is 0.841. The largest absolute Gasteiger partial charge is 0.368 e. The lowest BCUT2D eigenvalue weighted by Gasteiger charge is -2.10. The van der Waals surface area contributed by atoms with E-state index in [1.165, 1.54) is 18.2 Å². The second-order valence-electron chi connectivity index (χ2n) is 6.03. The number of amides is 2. The number of hydrogen-bond acceptors (Lipinski definition) is 6. The Hall–Kier alpha value is -3.66. The number of benzene rings is 2. The molecule has 0 saturated heterocycles. The number of nitro groups is 1. The Morgan fingerprint density at radius 1 is 1.17 bits per heavy atom. The molecule has 0 saturated carbocycles. The van der Waals surface area contributed by atoms with Gasteiger partial charge in [0.2, 0.25) is 0 Å². The number of non-ortho nitro benzene ring substituents is 1. The molecule has 0 spiro atoms. The van der Waals surface area contributed by atoms with E-state index in [0.29, 0.717) is 36.1 Å². The van der Waals surface area contributed by atoms with Gasteiger partial charge in [0, 0.05) is 30.6 Å². The van der Waals surface area contributed by atoms with Crippen LogP contribution in [0.4, 0.5) is 22.0 Å². The second kappa shape index (κ2) is 9.02. The van der Waals surface area contributed by atoms with Crippen molar-refractivity contribution >= 4 is 45.6 Å². The van der Waals surface area contributed by atoms with Gasteiger partial charge in [-0.15, -0.1) is 0 Å². The maximum absolute atomic E-state index is 12.0. The molecular formula is C18H17ClN6O4. The van der Waals surface area contributed by atoms with E-state index in [1.54, 1.807) is 18.2 Å². The van der Waals surface area contributed by atoms with E-state index in [0.717, 1.165) is 0 Å². The van der Waals surface area contributed by atoms with Gasteiger partial charge >= 0.3 is 6.03 Å². The molecule has 0 bridgehead atoms. The fourth-order valence-corrected chi connectivity index (χ4v) is 2.80. The van der Waals surface area contributed by atoms with Crippen LogP contribution in [0.15, 0.2) is 47.3 Å². The Balaban J connectivity index is 1.49. The van der Waals surface area contributed by atoms with E-state index in [2.05, 4.69) is 26.1 Å². The zero-order valence-electron chi connectivity index (χ0n) is 15.1. The Morgan fingerprint density at radius 2 is 1.93 bits per heavy atom. The number of nitro benzene ring substituents is 1. The first kappa shape index (κ1) is 20.1. The molecule has 4 N–H and O–H groups in total. The van der Waals surface area contributed by atoms with Crippen LogP contribution in [0.25, 0.3) is 10.8 Å². The molecule has 2 aromatic carbocycles. The highest BCUT2D eigenvalue weighted by molar-refractivity contribution is 6.33. The third-order valence-electron chi connectivity index (χ3n) is 4.04. The van der Waals surface area contributed by atoms with Gasteiger partial charge < -0.3 is 16.0 Å². The van der Waals surface area contributed by atoms with E-state index >= 15 is 0 Å². The lowest BCUT2D eigenvalue weighted by atomic mass is 10.2. The van der Waals surface area contributed by atoms with Crippen LogP contribution in [0.2, 0.25) is 5.02 Å². The third-order valence-corrected chi connectivity index (χ3v) is 4.37. The van der Waals surface area contributed by atoms with Crippen LogP contribution in [0.5, 0.6) is 0 Å². The molecule has 0 fully saturated rings. The number of carbonyl (C=O) groups excluding carboxylic acids is 1. The number of urea groups is 1. The standard InChI is InChI=1S/C18H17ClN6O4/c19-14-7-6-11(25(28)29)10-15(14)22-18(27)21-9-3-8-20-16-12-4-1-2-5-13(12)17(26)24-23-16/h1-2,4-7,10H,3,8-9H2,(H,20,23)(H,24,26)(H2,21,22,27). The third kappa shape index (κ3) is 4.99. The predicted octanol–water partition coefficient (Wildman–Crippen LogP) is 3.11. The maximum atomic E-state index is 12.0. The molecule has 10 nitrogen and oxygen atoms in total. The van der Waals surface area contributed by atoms with Crippen molar-refractivity contribution in [1.29, 1.82) is 0 Å². The molecular weight excluding hydrogens is 400 g/mol. The molecule has 150 valence electrons. The van der Waals surface area contributed by atoms with E-state index in [4.69, 9.17) is 11.6 Å². The van der Waals surface area contributed by atoms with Crippen LogP contribution in [0.1, 0.15) is 6.42 Å². The normalized spacial score (nSPS) is 10.5. The summed E-state index contributed by atoms with van der Waals surface area (Å²) < 4.78 is 0. The molecule has 3 aromatic rings. The summed E-state index contributed by atoms with van der Waals surface area (Å²) >= 11 is 5.95. The smallest absolute Gasteiger partial charge is 0.319 e. The van der Waals surface area contributed by atoms with Crippen LogP contribution in [-0.4, -0.2) is 34.2 Å². The number of aromatic amines is 1. The van der Waals surface area contributed by atoms with Gasteiger partial charge in [-0.25, -0.2) is 9.89 Å². The van der Waals surface area contributed by atoms with Crippen LogP contribution < -0.4 is 21.5 Å². The minimum absolute atomic E-state index is 0.153. The Morgan fingerprint density at radius 3 is 2.69 bits per heavy atom. The summed E-state index contributed by atoms with van der Waals surface area (Å²) in [6.07, 6.45) is 0.575. The number of halogens is 1. The van der Waals surface area contributed by atoms with Crippen LogP contribution >= 0.6 is 11.6 Å². The number of nitrogens with zero attached hydrogens (tertiary/aromatic N) is 2. The maximum Gasteiger partial charge on any atom is 0.319 e. The van der Waals surface area contributed by atoms with Gasteiger partial charge in [0.25, 0.3) is 11.2 Å². The topological polar surface area (TPSA) is 142 Å². The fraction of sp³-hybridized carbons (Fsp3) is 0.167. The van der Waals surface area contributed by atoms with Gasteiger partial charge in [0.1, 0.15) is 0 Å². The SMILES string of the molecule is O=C(NCCCNc1n[nH]c(=O)c2ccccc12)Nc1cc([N+](=O)[O-])ccc1Cl. The molecule has 3 rings (SSSR count). The first-order valence-corrected chi connectivity index (χ1v) is 9.03. The summed E-state index contributed by atoms with van der Waals surface area (Å²) in [4.78, 5) is 34.0.